The van der Waals surface area contributed by atoms with Crippen molar-refractivity contribution < 1.29 is 13.9 Å². The molecule has 23 heavy (non-hydrogen) atoms. The molecule has 0 atom stereocenters. The van der Waals surface area contributed by atoms with Crippen molar-refractivity contribution in [3.63, 3.8) is 0 Å². The zero-order valence-corrected chi connectivity index (χ0v) is 14.1. The maximum Gasteiger partial charge on any atom is 0.168 e. The highest BCUT2D eigenvalue weighted by atomic mass is 19.1. The van der Waals surface area contributed by atoms with Crippen LogP contribution in [0, 0.1) is 17.0 Å². The van der Waals surface area contributed by atoms with E-state index in [1.54, 1.807) is 0 Å². The van der Waals surface area contributed by atoms with Gasteiger partial charge in [-0.05, 0) is 61.8 Å². The van der Waals surface area contributed by atoms with Crippen LogP contribution in [-0.4, -0.2) is 5.11 Å². The molecule has 0 amide bonds. The number of halogens is 2. The van der Waals surface area contributed by atoms with E-state index in [-0.39, 0.29) is 11.2 Å². The van der Waals surface area contributed by atoms with Gasteiger partial charge in [-0.2, -0.15) is 0 Å². The molecule has 1 N–H and O–H groups in total. The molecule has 1 aromatic carbocycles. The fourth-order valence-electron chi connectivity index (χ4n) is 4.94. The van der Waals surface area contributed by atoms with Crippen LogP contribution in [-0.2, 0) is 5.41 Å². The largest absolute Gasteiger partial charge is 0.505 e. The summed E-state index contributed by atoms with van der Waals surface area (Å²) in [6.45, 7) is 2.23. The topological polar surface area (TPSA) is 20.2 Å². The molecule has 3 aliphatic rings. The summed E-state index contributed by atoms with van der Waals surface area (Å²) < 4.78 is 27.4. The van der Waals surface area contributed by atoms with Gasteiger partial charge in [0.2, 0.25) is 0 Å². The van der Waals surface area contributed by atoms with E-state index in [0.29, 0.717) is 11.0 Å². The van der Waals surface area contributed by atoms with E-state index in [2.05, 4.69) is 6.92 Å². The zero-order valence-electron chi connectivity index (χ0n) is 14.1. The smallest absolute Gasteiger partial charge is 0.168 e. The van der Waals surface area contributed by atoms with Gasteiger partial charge in [0.15, 0.2) is 11.6 Å². The van der Waals surface area contributed by atoms with Crippen LogP contribution in [0.15, 0.2) is 12.1 Å². The van der Waals surface area contributed by atoms with Gasteiger partial charge in [-0.1, -0.05) is 32.6 Å². The summed E-state index contributed by atoms with van der Waals surface area (Å²) in [6.07, 6.45) is 12.8. The van der Waals surface area contributed by atoms with Crippen LogP contribution in [0.3, 0.4) is 0 Å². The molecule has 0 aromatic heterocycles. The summed E-state index contributed by atoms with van der Waals surface area (Å²) in [6, 6.07) is 2.14. The minimum absolute atomic E-state index is 0.210. The van der Waals surface area contributed by atoms with Crippen molar-refractivity contribution >= 4 is 0 Å². The van der Waals surface area contributed by atoms with Crippen LogP contribution >= 0.6 is 0 Å². The first-order valence-electron chi connectivity index (χ1n) is 9.19. The highest BCUT2D eigenvalue weighted by Gasteiger charge is 2.50. The Bertz CT molecular complexity index is 542. The van der Waals surface area contributed by atoms with Crippen LogP contribution in [0.25, 0.3) is 0 Å². The van der Waals surface area contributed by atoms with Crippen LogP contribution in [0.4, 0.5) is 8.78 Å². The molecule has 3 aliphatic carbocycles. The molecule has 1 aromatic rings. The Morgan fingerprint density at radius 3 is 2.22 bits per heavy atom. The lowest BCUT2D eigenvalue weighted by Crippen LogP contribution is -2.44. The fourth-order valence-corrected chi connectivity index (χ4v) is 4.94. The summed E-state index contributed by atoms with van der Waals surface area (Å²) in [7, 11) is 0. The molecule has 0 heterocycles. The van der Waals surface area contributed by atoms with Crippen molar-refractivity contribution in [1.29, 1.82) is 0 Å². The summed E-state index contributed by atoms with van der Waals surface area (Å²) >= 11 is 0. The molecule has 3 fully saturated rings. The van der Waals surface area contributed by atoms with Crippen molar-refractivity contribution in [3.8, 4) is 5.75 Å². The first-order chi connectivity index (χ1) is 11.0. The number of phenolic OH excluding ortho intramolecular Hbond substituents is 1. The maximum absolute atomic E-state index is 13.7. The van der Waals surface area contributed by atoms with Gasteiger partial charge in [0.25, 0.3) is 0 Å². The summed E-state index contributed by atoms with van der Waals surface area (Å²) in [5.41, 5.74) is 0.754. The molecule has 0 saturated heterocycles. The third-order valence-corrected chi connectivity index (χ3v) is 6.56. The molecule has 0 unspecified atom stereocenters. The van der Waals surface area contributed by atoms with Gasteiger partial charge in [-0.25, -0.2) is 8.78 Å². The molecule has 0 spiro atoms. The molecular weight excluding hydrogens is 294 g/mol. The molecule has 1 nitrogen and oxygen atoms in total. The van der Waals surface area contributed by atoms with Gasteiger partial charge in [0.1, 0.15) is 5.82 Å². The van der Waals surface area contributed by atoms with Gasteiger partial charge in [-0.3, -0.25) is 0 Å². The van der Waals surface area contributed by atoms with Crippen LogP contribution in [0.5, 0.6) is 5.75 Å². The van der Waals surface area contributed by atoms with Gasteiger partial charge < -0.3 is 5.11 Å². The molecule has 3 heteroatoms. The number of hydrogen-bond acceptors (Lipinski definition) is 1. The van der Waals surface area contributed by atoms with E-state index < -0.39 is 11.6 Å². The van der Waals surface area contributed by atoms with Crippen molar-refractivity contribution in [3.05, 3.63) is 29.3 Å². The number of rotatable bonds is 6. The highest BCUT2D eigenvalue weighted by molar-refractivity contribution is 5.41. The monoisotopic (exact) mass is 322 g/mol. The average Bonchev–Trinajstić information content (AvgIpc) is 2.57. The third-order valence-electron chi connectivity index (χ3n) is 6.56. The lowest BCUT2D eigenvalue weighted by Gasteiger charge is -2.54. The van der Waals surface area contributed by atoms with Gasteiger partial charge in [-0.15, -0.1) is 0 Å². The number of hydrogen-bond donors (Lipinski definition) is 1. The Morgan fingerprint density at radius 2 is 1.61 bits per heavy atom. The minimum atomic E-state index is -0.823. The Kier molecular flexibility index (Phi) is 4.66. The SMILES string of the molecule is CCCCCCC12CCC(c3cc(F)cc(F)c3O)(CC1)CC2. The van der Waals surface area contributed by atoms with Crippen LogP contribution in [0.1, 0.15) is 83.1 Å². The van der Waals surface area contributed by atoms with Crippen molar-refractivity contribution in [1.82, 2.24) is 0 Å². The Balaban J connectivity index is 1.72. The molecule has 128 valence electrons. The van der Waals surface area contributed by atoms with Gasteiger partial charge in [0.05, 0.1) is 0 Å². The fraction of sp³-hybridized carbons (Fsp3) is 0.700. The lowest BCUT2D eigenvalue weighted by atomic mass is 9.51. The molecule has 2 bridgehead atoms. The summed E-state index contributed by atoms with van der Waals surface area (Å²) in [5, 5.41) is 10.1. The Hall–Kier alpha value is -1.12. The zero-order chi connectivity index (χ0) is 16.5. The van der Waals surface area contributed by atoms with E-state index in [1.165, 1.54) is 38.2 Å². The van der Waals surface area contributed by atoms with E-state index in [4.69, 9.17) is 0 Å². The molecular formula is C20H28F2O. The number of unbranched alkanes of at least 4 members (excludes halogenated alkanes) is 3. The predicted molar refractivity (Wildman–Crippen MR) is 88.6 cm³/mol. The van der Waals surface area contributed by atoms with Crippen LogP contribution < -0.4 is 0 Å². The maximum atomic E-state index is 13.7. The number of phenols is 1. The Labute approximate surface area is 138 Å². The predicted octanol–water partition coefficient (Wildman–Crippen LogP) is 6.23. The lowest BCUT2D eigenvalue weighted by molar-refractivity contribution is 0.0290. The molecule has 0 aliphatic heterocycles. The Morgan fingerprint density at radius 1 is 0.957 bits per heavy atom. The first kappa shape index (κ1) is 16.7. The van der Waals surface area contributed by atoms with E-state index >= 15 is 0 Å². The van der Waals surface area contributed by atoms with Crippen LogP contribution in [0.2, 0.25) is 0 Å². The normalized spacial score (nSPS) is 29.9. The van der Waals surface area contributed by atoms with Gasteiger partial charge in [0, 0.05) is 11.6 Å². The third kappa shape index (κ3) is 3.12. The number of fused-ring (bicyclic) bond motifs is 3. The second kappa shape index (κ2) is 6.41. The van der Waals surface area contributed by atoms with Crippen molar-refractivity contribution in [2.24, 2.45) is 5.41 Å². The van der Waals surface area contributed by atoms with E-state index in [0.717, 1.165) is 44.6 Å². The second-order valence-corrected chi connectivity index (χ2v) is 7.87. The first-order valence-corrected chi connectivity index (χ1v) is 9.19. The van der Waals surface area contributed by atoms with Crippen molar-refractivity contribution in [2.45, 2.75) is 83.0 Å². The summed E-state index contributed by atoms with van der Waals surface area (Å²) in [5.74, 6) is -1.73. The molecule has 0 radical (unpaired) electrons. The number of benzene rings is 1. The summed E-state index contributed by atoms with van der Waals surface area (Å²) in [4.78, 5) is 0. The van der Waals surface area contributed by atoms with Crippen molar-refractivity contribution in [2.75, 3.05) is 0 Å². The number of aromatic hydroxyl groups is 1. The molecule has 3 saturated carbocycles. The van der Waals surface area contributed by atoms with Gasteiger partial charge >= 0.3 is 0 Å². The quantitative estimate of drug-likeness (QED) is 0.615. The molecule has 4 rings (SSSR count). The second-order valence-electron chi connectivity index (χ2n) is 7.87. The van der Waals surface area contributed by atoms with E-state index in [9.17, 15) is 13.9 Å². The standard InChI is InChI=1S/C20H28F2O/c1-2-3-4-5-6-19-7-10-20(11-8-19,12-9-19)16-13-15(21)14-17(22)18(16)23/h13-14,23H,2-12H2,1H3. The average molecular weight is 322 g/mol. The van der Waals surface area contributed by atoms with E-state index in [1.807, 2.05) is 0 Å². The minimum Gasteiger partial charge on any atom is -0.505 e. The highest BCUT2D eigenvalue weighted by Crippen LogP contribution is 2.60.